The molecule has 0 saturated carbocycles. The van der Waals surface area contributed by atoms with Crippen LogP contribution in [0.2, 0.25) is 5.02 Å². The topological polar surface area (TPSA) is 75.7 Å². The predicted octanol–water partition coefficient (Wildman–Crippen LogP) is 2.27. The van der Waals surface area contributed by atoms with Gasteiger partial charge in [0, 0.05) is 0 Å². The number of hydrogen-bond acceptors (Lipinski definition) is 2. The van der Waals surface area contributed by atoms with Crippen LogP contribution in [0.25, 0.3) is 0 Å². The molecule has 1 aromatic rings. The molecule has 0 bridgehead atoms. The van der Waals surface area contributed by atoms with Gasteiger partial charge in [0.25, 0.3) is 0 Å². The summed E-state index contributed by atoms with van der Waals surface area (Å²) in [4.78, 5) is 14.7. The summed E-state index contributed by atoms with van der Waals surface area (Å²) in [5.74, 6) is -0.978. The van der Waals surface area contributed by atoms with E-state index in [1.54, 1.807) is 6.07 Å². The van der Waals surface area contributed by atoms with Gasteiger partial charge >= 0.3 is 5.97 Å². The summed E-state index contributed by atoms with van der Waals surface area (Å²) in [6, 6.07) is 4.57. The van der Waals surface area contributed by atoms with Crippen LogP contribution in [0.5, 0.6) is 0 Å². The van der Waals surface area contributed by atoms with Gasteiger partial charge in [-0.1, -0.05) is 17.7 Å². The fourth-order valence-corrected chi connectivity index (χ4v) is 1.31. The predicted molar refractivity (Wildman–Crippen MR) is 60.4 cm³/mol. The van der Waals surface area contributed by atoms with E-state index in [4.69, 9.17) is 34.0 Å². The van der Waals surface area contributed by atoms with Crippen molar-refractivity contribution >= 4 is 40.7 Å². The van der Waals surface area contributed by atoms with Crippen LogP contribution >= 0.6 is 23.2 Å². The monoisotopic (exact) mass is 246 g/mol. The van der Waals surface area contributed by atoms with Crippen molar-refractivity contribution in [2.45, 2.75) is 0 Å². The second-order valence-electron chi connectivity index (χ2n) is 2.68. The minimum absolute atomic E-state index is 0.0333. The van der Waals surface area contributed by atoms with E-state index in [1.165, 1.54) is 12.1 Å². The molecule has 6 heteroatoms. The van der Waals surface area contributed by atoms with Gasteiger partial charge in [0.15, 0.2) is 0 Å². The molecule has 0 heterocycles. The van der Waals surface area contributed by atoms with Crippen molar-refractivity contribution in [1.29, 1.82) is 0 Å². The van der Waals surface area contributed by atoms with E-state index in [9.17, 15) is 4.79 Å². The summed E-state index contributed by atoms with van der Waals surface area (Å²) in [7, 11) is 0. The van der Waals surface area contributed by atoms with E-state index in [0.717, 1.165) is 0 Å². The van der Waals surface area contributed by atoms with Gasteiger partial charge in [-0.05, 0) is 12.1 Å². The minimum atomic E-state index is -1.15. The van der Waals surface area contributed by atoms with Crippen LogP contribution in [0.1, 0.15) is 10.4 Å². The van der Waals surface area contributed by atoms with Crippen LogP contribution in [0.15, 0.2) is 23.2 Å². The number of carbonyl (C=O) groups is 1. The molecule has 80 valence electrons. The van der Waals surface area contributed by atoms with Crippen LogP contribution < -0.4 is 5.73 Å². The number of alkyl halides is 1. The Kier molecular flexibility index (Phi) is 3.94. The first kappa shape index (κ1) is 11.8. The molecule has 0 spiro atoms. The third-order valence-electron chi connectivity index (χ3n) is 1.61. The first-order valence-corrected chi connectivity index (χ1v) is 4.88. The number of aromatic carboxylic acids is 1. The first-order chi connectivity index (χ1) is 7.06. The van der Waals surface area contributed by atoms with Gasteiger partial charge in [0.2, 0.25) is 0 Å². The highest BCUT2D eigenvalue weighted by atomic mass is 35.5. The zero-order valence-corrected chi connectivity index (χ0v) is 9.09. The van der Waals surface area contributed by atoms with Crippen LogP contribution in [-0.2, 0) is 0 Å². The zero-order valence-electron chi connectivity index (χ0n) is 7.58. The fraction of sp³-hybridized carbons (Fsp3) is 0.111. The van der Waals surface area contributed by atoms with Crippen LogP contribution in [0.3, 0.4) is 0 Å². The maximum Gasteiger partial charge on any atom is 0.339 e. The number of amidine groups is 1. The molecule has 4 nitrogen and oxygen atoms in total. The van der Waals surface area contributed by atoms with E-state index in [1.807, 2.05) is 0 Å². The Bertz CT molecular complexity index is 419. The largest absolute Gasteiger partial charge is 0.478 e. The molecule has 0 aliphatic rings. The number of halogens is 2. The molecule has 0 saturated heterocycles. The van der Waals surface area contributed by atoms with Crippen LogP contribution in [0, 0.1) is 0 Å². The minimum Gasteiger partial charge on any atom is -0.478 e. The lowest BCUT2D eigenvalue weighted by molar-refractivity contribution is 0.0698. The smallest absolute Gasteiger partial charge is 0.339 e. The number of nitrogens with zero attached hydrogens (tertiary/aromatic N) is 1. The Morgan fingerprint density at radius 3 is 2.73 bits per heavy atom. The molecular formula is C9H8Cl2N2O2. The number of carboxylic acid groups (broad SMARTS) is 1. The van der Waals surface area contributed by atoms with Crippen molar-refractivity contribution < 1.29 is 9.90 Å². The maximum absolute atomic E-state index is 10.9. The second-order valence-corrected chi connectivity index (χ2v) is 3.35. The number of aliphatic imine (C=N–C) groups is 1. The Morgan fingerprint density at radius 1 is 1.53 bits per heavy atom. The molecule has 0 aromatic heterocycles. The molecule has 0 atom stereocenters. The average Bonchev–Trinajstić information content (AvgIpc) is 2.17. The lowest BCUT2D eigenvalue weighted by Crippen LogP contribution is -2.12. The molecule has 0 aliphatic heterocycles. The quantitative estimate of drug-likeness (QED) is 0.488. The number of hydrogen-bond donors (Lipinski definition) is 2. The highest BCUT2D eigenvalue weighted by Crippen LogP contribution is 2.26. The summed E-state index contributed by atoms with van der Waals surface area (Å²) >= 11 is 11.2. The molecule has 0 radical (unpaired) electrons. The Hall–Kier alpha value is -1.26. The van der Waals surface area contributed by atoms with E-state index in [-0.39, 0.29) is 28.0 Å². The molecular weight excluding hydrogens is 239 g/mol. The highest BCUT2D eigenvalue weighted by Gasteiger charge is 2.13. The van der Waals surface area contributed by atoms with Crippen molar-refractivity contribution in [2.24, 2.45) is 10.7 Å². The van der Waals surface area contributed by atoms with Crippen molar-refractivity contribution in [2.75, 3.05) is 5.88 Å². The molecule has 3 N–H and O–H groups in total. The van der Waals surface area contributed by atoms with Gasteiger partial charge in [-0.25, -0.2) is 9.79 Å². The Morgan fingerprint density at radius 2 is 2.20 bits per heavy atom. The Labute approximate surface area is 96.3 Å². The highest BCUT2D eigenvalue weighted by molar-refractivity contribution is 6.34. The van der Waals surface area contributed by atoms with Gasteiger partial charge < -0.3 is 10.8 Å². The standard InChI is InChI=1S/C9H8Cl2N2O2/c10-4-7(12)13-6-3-1-2-5(11)8(6)9(14)15/h1-3H,4H2,(H2,12,13)(H,14,15). The number of benzene rings is 1. The average molecular weight is 247 g/mol. The summed E-state index contributed by atoms with van der Waals surface area (Å²) in [6.45, 7) is 0. The first-order valence-electron chi connectivity index (χ1n) is 3.97. The third-order valence-corrected chi connectivity index (χ3v) is 2.20. The van der Waals surface area contributed by atoms with Gasteiger partial charge in [-0.15, -0.1) is 11.6 Å². The van der Waals surface area contributed by atoms with Gasteiger partial charge in [-0.3, -0.25) is 0 Å². The number of rotatable bonds is 3. The fourth-order valence-electron chi connectivity index (χ4n) is 1.00. The van der Waals surface area contributed by atoms with E-state index >= 15 is 0 Å². The second kappa shape index (κ2) is 5.00. The van der Waals surface area contributed by atoms with Gasteiger partial charge in [0.05, 0.1) is 16.6 Å². The SMILES string of the molecule is NC(CCl)=Nc1cccc(Cl)c1C(=O)O. The van der Waals surface area contributed by atoms with Crippen LogP contribution in [-0.4, -0.2) is 22.8 Å². The van der Waals surface area contributed by atoms with Crippen molar-refractivity contribution in [3.05, 3.63) is 28.8 Å². The maximum atomic E-state index is 10.9. The molecule has 0 amide bonds. The summed E-state index contributed by atoms with van der Waals surface area (Å²) in [6.07, 6.45) is 0. The molecule has 1 rings (SSSR count). The van der Waals surface area contributed by atoms with Crippen LogP contribution in [0.4, 0.5) is 5.69 Å². The third kappa shape index (κ3) is 2.84. The number of carboxylic acids is 1. The molecule has 0 aliphatic carbocycles. The van der Waals surface area contributed by atoms with E-state index < -0.39 is 5.97 Å². The lowest BCUT2D eigenvalue weighted by atomic mass is 10.2. The molecule has 1 aromatic carbocycles. The van der Waals surface area contributed by atoms with Gasteiger partial charge in [-0.2, -0.15) is 0 Å². The Balaban J connectivity index is 3.29. The number of nitrogens with two attached hydrogens (primary N) is 1. The van der Waals surface area contributed by atoms with E-state index in [2.05, 4.69) is 4.99 Å². The summed E-state index contributed by atoms with van der Waals surface area (Å²) in [5, 5.41) is 9.02. The van der Waals surface area contributed by atoms with Gasteiger partial charge in [0.1, 0.15) is 11.4 Å². The summed E-state index contributed by atoms with van der Waals surface area (Å²) < 4.78 is 0. The molecule has 0 unspecified atom stereocenters. The molecule has 15 heavy (non-hydrogen) atoms. The lowest BCUT2D eigenvalue weighted by Gasteiger charge is -2.03. The van der Waals surface area contributed by atoms with Crippen molar-refractivity contribution in [3.8, 4) is 0 Å². The van der Waals surface area contributed by atoms with Crippen molar-refractivity contribution in [1.82, 2.24) is 0 Å². The van der Waals surface area contributed by atoms with E-state index in [0.29, 0.717) is 0 Å². The van der Waals surface area contributed by atoms with Crippen molar-refractivity contribution in [3.63, 3.8) is 0 Å². The normalized spacial score (nSPS) is 11.5. The zero-order chi connectivity index (χ0) is 11.4. The summed E-state index contributed by atoms with van der Waals surface area (Å²) in [5.41, 5.74) is 5.53. The molecule has 0 fully saturated rings.